The second kappa shape index (κ2) is 7.60. The van der Waals surface area contributed by atoms with E-state index in [0.29, 0.717) is 17.0 Å². The summed E-state index contributed by atoms with van der Waals surface area (Å²) in [5.74, 6) is 0.200. The third kappa shape index (κ3) is 3.76. The lowest BCUT2D eigenvalue weighted by Gasteiger charge is -2.09. The Hall–Kier alpha value is -3.54. The second-order valence-electron chi connectivity index (χ2n) is 6.62. The summed E-state index contributed by atoms with van der Waals surface area (Å²) in [5.41, 5.74) is 2.68. The highest BCUT2D eigenvalue weighted by Crippen LogP contribution is 2.24. The predicted molar refractivity (Wildman–Crippen MR) is 109 cm³/mol. The number of hydrogen-bond acceptors (Lipinski definition) is 4. The predicted octanol–water partition coefficient (Wildman–Crippen LogP) is 4.24. The molecule has 6 nitrogen and oxygen atoms in total. The lowest BCUT2D eigenvalue weighted by Crippen LogP contribution is -2.20. The van der Waals surface area contributed by atoms with Gasteiger partial charge < -0.3 is 19.5 Å². The summed E-state index contributed by atoms with van der Waals surface area (Å²) < 4.78 is 10.9. The van der Waals surface area contributed by atoms with Gasteiger partial charge in [-0.2, -0.15) is 0 Å². The van der Waals surface area contributed by atoms with E-state index < -0.39 is 0 Å². The zero-order valence-corrected chi connectivity index (χ0v) is 15.5. The van der Waals surface area contributed by atoms with Gasteiger partial charge in [0.15, 0.2) is 6.61 Å². The van der Waals surface area contributed by atoms with Crippen LogP contribution in [-0.4, -0.2) is 17.5 Å². The first kappa shape index (κ1) is 17.9. The largest absolute Gasteiger partial charge is 0.484 e. The molecule has 0 saturated heterocycles. The highest BCUT2D eigenvalue weighted by Gasteiger charge is 2.09. The number of nitrogens with one attached hydrogen (secondary N) is 2. The Bertz CT molecular complexity index is 1210. The Morgan fingerprint density at radius 1 is 1.14 bits per heavy atom. The molecule has 4 aromatic rings. The van der Waals surface area contributed by atoms with Crippen molar-refractivity contribution in [3.63, 3.8) is 0 Å². The van der Waals surface area contributed by atoms with Gasteiger partial charge >= 0.3 is 5.63 Å². The Balaban J connectivity index is 1.45. The maximum atomic E-state index is 12.2. The van der Waals surface area contributed by atoms with E-state index in [1.807, 2.05) is 36.5 Å². The number of anilines is 1. The van der Waals surface area contributed by atoms with E-state index in [1.165, 1.54) is 6.07 Å². The summed E-state index contributed by atoms with van der Waals surface area (Å²) in [7, 11) is 0. The van der Waals surface area contributed by atoms with Crippen molar-refractivity contribution in [2.75, 3.05) is 11.9 Å². The number of H-pyrrole nitrogens is 1. The Morgan fingerprint density at radius 3 is 2.89 bits per heavy atom. The molecule has 0 aliphatic rings. The Labute approximate surface area is 161 Å². The fourth-order valence-corrected chi connectivity index (χ4v) is 3.25. The molecule has 0 aliphatic carbocycles. The van der Waals surface area contributed by atoms with Crippen molar-refractivity contribution in [1.29, 1.82) is 0 Å². The van der Waals surface area contributed by atoms with Crippen molar-refractivity contribution in [3.05, 3.63) is 70.7 Å². The van der Waals surface area contributed by atoms with Gasteiger partial charge in [-0.3, -0.25) is 4.79 Å². The van der Waals surface area contributed by atoms with Crippen LogP contribution < -0.4 is 15.7 Å². The summed E-state index contributed by atoms with van der Waals surface area (Å²) in [6, 6.07) is 14.4. The quantitative estimate of drug-likeness (QED) is 0.493. The SMILES string of the molecule is CCCc1cc(=O)oc2cc(OCC(=O)Nc3ccc4cc[nH]c4c3)ccc12. The third-order valence-corrected chi connectivity index (χ3v) is 4.53. The van der Waals surface area contributed by atoms with E-state index in [9.17, 15) is 9.59 Å². The van der Waals surface area contributed by atoms with Crippen LogP contribution in [0, 0.1) is 0 Å². The van der Waals surface area contributed by atoms with E-state index in [0.717, 1.165) is 34.7 Å². The maximum absolute atomic E-state index is 12.2. The zero-order chi connectivity index (χ0) is 19.5. The Kier molecular flexibility index (Phi) is 4.85. The smallest absolute Gasteiger partial charge is 0.336 e. The van der Waals surface area contributed by atoms with Gasteiger partial charge in [-0.25, -0.2) is 4.79 Å². The number of fused-ring (bicyclic) bond motifs is 2. The molecule has 142 valence electrons. The number of carbonyl (C=O) groups is 1. The summed E-state index contributed by atoms with van der Waals surface area (Å²) in [5, 5.41) is 4.77. The molecule has 0 radical (unpaired) electrons. The normalized spacial score (nSPS) is 11.0. The van der Waals surface area contributed by atoms with Crippen molar-refractivity contribution in [1.82, 2.24) is 4.98 Å². The van der Waals surface area contributed by atoms with Gasteiger partial charge in [0, 0.05) is 34.9 Å². The number of aromatic amines is 1. The van der Waals surface area contributed by atoms with Crippen LogP contribution >= 0.6 is 0 Å². The number of benzene rings is 2. The molecule has 0 fully saturated rings. The minimum Gasteiger partial charge on any atom is -0.484 e. The summed E-state index contributed by atoms with van der Waals surface area (Å²) in [6.07, 6.45) is 3.59. The molecule has 2 aromatic carbocycles. The second-order valence-corrected chi connectivity index (χ2v) is 6.62. The summed E-state index contributed by atoms with van der Waals surface area (Å²) >= 11 is 0. The molecule has 0 aliphatic heterocycles. The standard InChI is InChI=1S/C22H20N2O4/c1-2-3-15-10-22(26)28-20-12-17(6-7-18(15)20)27-13-21(25)24-16-5-4-14-8-9-23-19(14)11-16/h4-12,23H,2-3,13H2,1H3,(H,24,25). The number of aryl methyl sites for hydroxylation is 1. The van der Waals surface area contributed by atoms with E-state index >= 15 is 0 Å². The van der Waals surface area contributed by atoms with E-state index in [1.54, 1.807) is 12.1 Å². The van der Waals surface area contributed by atoms with Crippen LogP contribution in [0.1, 0.15) is 18.9 Å². The van der Waals surface area contributed by atoms with Crippen LogP contribution in [0.15, 0.2) is 63.9 Å². The number of rotatable bonds is 6. The molecule has 2 heterocycles. The van der Waals surface area contributed by atoms with Crippen LogP contribution in [0.5, 0.6) is 5.75 Å². The van der Waals surface area contributed by atoms with Gasteiger partial charge in [0.1, 0.15) is 11.3 Å². The molecule has 2 aromatic heterocycles. The highest BCUT2D eigenvalue weighted by molar-refractivity contribution is 5.94. The maximum Gasteiger partial charge on any atom is 0.336 e. The van der Waals surface area contributed by atoms with Gasteiger partial charge in [-0.1, -0.05) is 19.4 Å². The summed E-state index contributed by atoms with van der Waals surface area (Å²) in [4.78, 5) is 27.1. The van der Waals surface area contributed by atoms with E-state index in [4.69, 9.17) is 9.15 Å². The first-order valence-electron chi connectivity index (χ1n) is 9.19. The van der Waals surface area contributed by atoms with Crippen LogP contribution in [-0.2, 0) is 11.2 Å². The lowest BCUT2D eigenvalue weighted by molar-refractivity contribution is -0.118. The monoisotopic (exact) mass is 376 g/mol. The van der Waals surface area contributed by atoms with Crippen LogP contribution in [0.2, 0.25) is 0 Å². The Morgan fingerprint density at radius 2 is 2.04 bits per heavy atom. The number of carbonyl (C=O) groups excluding carboxylic acids is 1. The summed E-state index contributed by atoms with van der Waals surface area (Å²) in [6.45, 7) is 1.91. The van der Waals surface area contributed by atoms with Crippen molar-refractivity contribution in [2.45, 2.75) is 19.8 Å². The fraction of sp³-hybridized carbons (Fsp3) is 0.182. The average molecular weight is 376 g/mol. The van der Waals surface area contributed by atoms with Gasteiger partial charge in [-0.05, 0) is 47.7 Å². The van der Waals surface area contributed by atoms with Crippen LogP contribution in [0.3, 0.4) is 0 Å². The molecule has 0 unspecified atom stereocenters. The molecule has 1 amide bonds. The van der Waals surface area contributed by atoms with Crippen LogP contribution in [0.4, 0.5) is 5.69 Å². The topological polar surface area (TPSA) is 84.3 Å². The molecule has 0 saturated carbocycles. The third-order valence-electron chi connectivity index (χ3n) is 4.53. The van der Waals surface area contributed by atoms with Gasteiger partial charge in [0.2, 0.25) is 0 Å². The number of hydrogen-bond donors (Lipinski definition) is 2. The molecular formula is C22H20N2O4. The first-order chi connectivity index (χ1) is 13.6. The van der Waals surface area contributed by atoms with Gasteiger partial charge in [0.05, 0.1) is 0 Å². The fourth-order valence-electron chi connectivity index (χ4n) is 3.25. The van der Waals surface area contributed by atoms with E-state index in [2.05, 4.69) is 17.2 Å². The molecule has 6 heteroatoms. The number of aromatic nitrogens is 1. The molecule has 4 rings (SSSR count). The van der Waals surface area contributed by atoms with Crippen molar-refractivity contribution in [2.24, 2.45) is 0 Å². The van der Waals surface area contributed by atoms with Crippen molar-refractivity contribution in [3.8, 4) is 5.75 Å². The van der Waals surface area contributed by atoms with Crippen LogP contribution in [0.25, 0.3) is 21.9 Å². The average Bonchev–Trinajstić information content (AvgIpc) is 3.14. The van der Waals surface area contributed by atoms with Gasteiger partial charge in [-0.15, -0.1) is 0 Å². The van der Waals surface area contributed by atoms with Crippen molar-refractivity contribution < 1.29 is 13.9 Å². The lowest BCUT2D eigenvalue weighted by atomic mass is 10.1. The van der Waals surface area contributed by atoms with Gasteiger partial charge in [0.25, 0.3) is 5.91 Å². The zero-order valence-electron chi connectivity index (χ0n) is 15.5. The molecular weight excluding hydrogens is 356 g/mol. The molecule has 0 atom stereocenters. The molecule has 28 heavy (non-hydrogen) atoms. The molecule has 0 bridgehead atoms. The minimum atomic E-state index is -0.384. The minimum absolute atomic E-state index is 0.146. The van der Waals surface area contributed by atoms with E-state index in [-0.39, 0.29) is 18.1 Å². The highest BCUT2D eigenvalue weighted by atomic mass is 16.5. The molecule has 0 spiro atoms. The molecule has 2 N–H and O–H groups in total. The van der Waals surface area contributed by atoms with Crippen molar-refractivity contribution >= 4 is 33.5 Å². The number of amides is 1. The first-order valence-corrected chi connectivity index (χ1v) is 9.19. The number of ether oxygens (including phenoxy) is 1.